The summed E-state index contributed by atoms with van der Waals surface area (Å²) in [5, 5.41) is 3.21. The van der Waals surface area contributed by atoms with Gasteiger partial charge in [0.05, 0.1) is 15.6 Å². The van der Waals surface area contributed by atoms with Crippen LogP contribution in [0.2, 0.25) is 0 Å². The van der Waals surface area contributed by atoms with Gasteiger partial charge in [-0.3, -0.25) is 0 Å². The second kappa shape index (κ2) is 6.73. The number of aryl methyl sites for hydroxylation is 2. The van der Waals surface area contributed by atoms with E-state index < -0.39 is 0 Å². The van der Waals surface area contributed by atoms with Crippen molar-refractivity contribution in [2.45, 2.75) is 32.7 Å². The normalized spacial score (nSPS) is 12.5. The van der Waals surface area contributed by atoms with Crippen molar-refractivity contribution in [1.29, 1.82) is 0 Å². The third-order valence-corrected chi connectivity index (χ3v) is 5.68. The van der Waals surface area contributed by atoms with Gasteiger partial charge < -0.3 is 5.73 Å². The number of hydrogen-bond acceptors (Lipinski definition) is 4. The third-order valence-electron chi connectivity index (χ3n) is 3.81. The van der Waals surface area contributed by atoms with E-state index in [0.29, 0.717) is 0 Å². The van der Waals surface area contributed by atoms with Crippen LogP contribution in [0, 0.1) is 6.92 Å². The lowest BCUT2D eigenvalue weighted by molar-refractivity contribution is 0.718. The molecule has 0 radical (unpaired) electrons. The maximum absolute atomic E-state index is 6.37. The molecular weight excluding hydrogens is 308 g/mol. The van der Waals surface area contributed by atoms with Crippen molar-refractivity contribution in [2.75, 3.05) is 0 Å². The van der Waals surface area contributed by atoms with Crippen molar-refractivity contribution < 1.29 is 0 Å². The van der Waals surface area contributed by atoms with E-state index in [9.17, 15) is 0 Å². The molecule has 4 heteroatoms. The van der Waals surface area contributed by atoms with Gasteiger partial charge in [0.25, 0.3) is 0 Å². The lowest BCUT2D eigenvalue weighted by Gasteiger charge is -2.10. The fourth-order valence-corrected chi connectivity index (χ4v) is 4.33. The first-order chi connectivity index (χ1) is 10.7. The van der Waals surface area contributed by atoms with Gasteiger partial charge in [-0.05, 0) is 35.9 Å². The molecule has 2 aromatic heterocycles. The molecule has 1 atom stereocenters. The van der Waals surface area contributed by atoms with Crippen molar-refractivity contribution in [3.05, 3.63) is 62.8 Å². The minimum absolute atomic E-state index is 0.00708. The summed E-state index contributed by atoms with van der Waals surface area (Å²) in [5.41, 5.74) is 10.0. The number of thiazole rings is 1. The first-order valence-electron chi connectivity index (χ1n) is 7.52. The fraction of sp³-hybridized carbons (Fsp3) is 0.278. The van der Waals surface area contributed by atoms with Gasteiger partial charge in [-0.1, -0.05) is 37.3 Å². The summed E-state index contributed by atoms with van der Waals surface area (Å²) in [6, 6.07) is 12.8. The molecule has 1 unspecified atom stereocenters. The van der Waals surface area contributed by atoms with Crippen LogP contribution in [-0.4, -0.2) is 4.98 Å². The highest BCUT2D eigenvalue weighted by molar-refractivity contribution is 7.15. The molecule has 114 valence electrons. The van der Waals surface area contributed by atoms with Crippen LogP contribution < -0.4 is 5.73 Å². The Kier molecular flexibility index (Phi) is 4.71. The number of rotatable bonds is 5. The smallest absolute Gasteiger partial charge is 0.0954 e. The number of nitrogens with zero attached hydrogens (tertiary/aromatic N) is 1. The van der Waals surface area contributed by atoms with Crippen LogP contribution in [0.4, 0.5) is 0 Å². The molecule has 0 saturated carbocycles. The highest BCUT2D eigenvalue weighted by Gasteiger charge is 2.14. The van der Waals surface area contributed by atoms with Crippen LogP contribution in [0.1, 0.15) is 34.0 Å². The van der Waals surface area contributed by atoms with Gasteiger partial charge in [-0.2, -0.15) is 0 Å². The first kappa shape index (κ1) is 15.4. The van der Waals surface area contributed by atoms with Gasteiger partial charge in [-0.25, -0.2) is 4.98 Å². The Labute approximate surface area is 139 Å². The molecule has 0 aliphatic rings. The quantitative estimate of drug-likeness (QED) is 0.717. The largest absolute Gasteiger partial charge is 0.324 e. The predicted molar refractivity (Wildman–Crippen MR) is 96.6 cm³/mol. The van der Waals surface area contributed by atoms with Gasteiger partial charge in [0.15, 0.2) is 0 Å². The number of nitrogens with two attached hydrogens (primary N) is 1. The lowest BCUT2D eigenvalue weighted by atomic mass is 10.0. The van der Waals surface area contributed by atoms with Gasteiger partial charge >= 0.3 is 0 Å². The van der Waals surface area contributed by atoms with Crippen LogP contribution in [-0.2, 0) is 12.8 Å². The summed E-state index contributed by atoms with van der Waals surface area (Å²) < 4.78 is 0. The monoisotopic (exact) mass is 328 g/mol. The summed E-state index contributed by atoms with van der Waals surface area (Å²) in [4.78, 5) is 7.31. The maximum Gasteiger partial charge on any atom is 0.0954 e. The topological polar surface area (TPSA) is 38.9 Å². The van der Waals surface area contributed by atoms with Crippen molar-refractivity contribution in [3.63, 3.8) is 0 Å². The van der Waals surface area contributed by atoms with Crippen molar-refractivity contribution in [2.24, 2.45) is 5.73 Å². The Balaban J connectivity index is 1.76. The SMILES string of the molecule is CCc1ccc(C(N)Cc2nc(-c3cccs3)c(C)s2)cc1. The van der Waals surface area contributed by atoms with Crippen LogP contribution in [0.5, 0.6) is 0 Å². The van der Waals surface area contributed by atoms with Crippen LogP contribution in [0.3, 0.4) is 0 Å². The van der Waals surface area contributed by atoms with Crippen molar-refractivity contribution in [1.82, 2.24) is 4.98 Å². The summed E-state index contributed by atoms with van der Waals surface area (Å²) in [7, 11) is 0. The molecule has 1 aromatic carbocycles. The van der Waals surface area contributed by atoms with Gasteiger partial charge in [-0.15, -0.1) is 22.7 Å². The number of thiophene rings is 1. The average molecular weight is 329 g/mol. The molecule has 2 heterocycles. The van der Waals surface area contributed by atoms with Crippen molar-refractivity contribution >= 4 is 22.7 Å². The minimum Gasteiger partial charge on any atom is -0.324 e. The molecule has 3 aromatic rings. The zero-order valence-corrected chi connectivity index (χ0v) is 14.5. The predicted octanol–water partition coefficient (Wildman–Crippen LogP) is 4.98. The molecule has 22 heavy (non-hydrogen) atoms. The van der Waals surface area contributed by atoms with Gasteiger partial charge in [0.2, 0.25) is 0 Å². The van der Waals surface area contributed by atoms with Crippen LogP contribution >= 0.6 is 22.7 Å². The fourth-order valence-electron chi connectivity index (χ4n) is 2.49. The second-order valence-electron chi connectivity index (χ2n) is 5.40. The molecule has 2 nitrogen and oxygen atoms in total. The summed E-state index contributed by atoms with van der Waals surface area (Å²) in [6.07, 6.45) is 1.85. The van der Waals surface area contributed by atoms with Crippen LogP contribution in [0.25, 0.3) is 10.6 Å². The molecule has 0 amide bonds. The Hall–Kier alpha value is -1.49. The summed E-state index contributed by atoms with van der Waals surface area (Å²) >= 11 is 3.49. The van der Waals surface area contributed by atoms with Crippen LogP contribution in [0.15, 0.2) is 41.8 Å². The number of hydrogen-bond donors (Lipinski definition) is 1. The van der Waals surface area contributed by atoms with E-state index in [1.165, 1.54) is 20.9 Å². The summed E-state index contributed by atoms with van der Waals surface area (Å²) in [5.74, 6) is 0. The van der Waals surface area contributed by atoms with E-state index in [0.717, 1.165) is 23.5 Å². The molecule has 0 aliphatic carbocycles. The Morgan fingerprint density at radius 3 is 2.59 bits per heavy atom. The van der Waals surface area contributed by atoms with E-state index in [1.54, 1.807) is 22.7 Å². The van der Waals surface area contributed by atoms with Crippen molar-refractivity contribution in [3.8, 4) is 10.6 Å². The van der Waals surface area contributed by atoms with E-state index in [4.69, 9.17) is 10.7 Å². The second-order valence-corrected chi connectivity index (χ2v) is 7.63. The summed E-state index contributed by atoms with van der Waals surface area (Å²) in [6.45, 7) is 4.30. The minimum atomic E-state index is 0.00708. The lowest BCUT2D eigenvalue weighted by Crippen LogP contribution is -2.13. The Morgan fingerprint density at radius 1 is 1.18 bits per heavy atom. The highest BCUT2D eigenvalue weighted by atomic mass is 32.1. The number of aromatic nitrogens is 1. The van der Waals surface area contributed by atoms with E-state index in [-0.39, 0.29) is 6.04 Å². The zero-order valence-electron chi connectivity index (χ0n) is 12.9. The molecule has 0 fully saturated rings. The molecule has 3 rings (SSSR count). The molecule has 0 saturated heterocycles. The first-order valence-corrected chi connectivity index (χ1v) is 9.21. The van der Waals surface area contributed by atoms with Gasteiger partial charge in [0, 0.05) is 17.3 Å². The molecule has 0 aliphatic heterocycles. The molecule has 0 bridgehead atoms. The molecule has 2 N–H and O–H groups in total. The Bertz CT molecular complexity index is 727. The maximum atomic E-state index is 6.37. The molecular formula is C18H20N2S2. The third kappa shape index (κ3) is 3.29. The zero-order chi connectivity index (χ0) is 15.5. The standard InChI is InChI=1S/C18H20N2S2/c1-3-13-6-8-14(9-7-13)15(19)11-17-20-18(12(2)22-17)16-5-4-10-21-16/h4-10,15H,3,11,19H2,1-2H3. The molecule has 0 spiro atoms. The number of benzene rings is 1. The Morgan fingerprint density at radius 2 is 1.95 bits per heavy atom. The average Bonchev–Trinajstić information content (AvgIpc) is 3.17. The van der Waals surface area contributed by atoms with E-state index >= 15 is 0 Å². The van der Waals surface area contributed by atoms with E-state index in [1.807, 2.05) is 0 Å². The van der Waals surface area contributed by atoms with Gasteiger partial charge in [0.1, 0.15) is 0 Å². The van der Waals surface area contributed by atoms with E-state index in [2.05, 4.69) is 55.6 Å². The highest BCUT2D eigenvalue weighted by Crippen LogP contribution is 2.32.